The standard InChI is InChI=1S/C15H14Cl2N2O2/c1-21-14-8-10(6-7-12(14)17)18-9-15(20)19-13-5-3-2-4-11(13)16/h2-8,18H,9H2,1H3,(H,19,20). The number of nitrogens with one attached hydrogen (secondary N) is 2. The number of ether oxygens (including phenoxy) is 1. The molecule has 0 aliphatic carbocycles. The minimum Gasteiger partial charge on any atom is -0.495 e. The van der Waals surface area contributed by atoms with Crippen LogP contribution in [0.1, 0.15) is 0 Å². The maximum Gasteiger partial charge on any atom is 0.243 e. The average Bonchev–Trinajstić information content (AvgIpc) is 2.49. The highest BCUT2D eigenvalue weighted by Gasteiger charge is 2.06. The summed E-state index contributed by atoms with van der Waals surface area (Å²) in [6.07, 6.45) is 0. The van der Waals surface area contributed by atoms with E-state index < -0.39 is 0 Å². The van der Waals surface area contributed by atoms with Crippen LogP contribution >= 0.6 is 23.2 Å². The molecular weight excluding hydrogens is 311 g/mol. The highest BCUT2D eigenvalue weighted by atomic mass is 35.5. The molecular formula is C15H14Cl2N2O2. The molecule has 21 heavy (non-hydrogen) atoms. The second-order valence-corrected chi connectivity index (χ2v) is 5.05. The molecule has 0 aliphatic rings. The zero-order valence-corrected chi connectivity index (χ0v) is 12.8. The van der Waals surface area contributed by atoms with Crippen molar-refractivity contribution in [2.24, 2.45) is 0 Å². The van der Waals surface area contributed by atoms with Crippen LogP contribution in [-0.4, -0.2) is 19.6 Å². The number of amides is 1. The molecule has 0 saturated carbocycles. The number of halogens is 2. The predicted octanol–water partition coefficient (Wildman–Crippen LogP) is 4.05. The van der Waals surface area contributed by atoms with Crippen molar-refractivity contribution in [3.8, 4) is 5.75 Å². The zero-order valence-electron chi connectivity index (χ0n) is 11.3. The lowest BCUT2D eigenvalue weighted by molar-refractivity contribution is -0.114. The van der Waals surface area contributed by atoms with Crippen molar-refractivity contribution in [1.82, 2.24) is 0 Å². The summed E-state index contributed by atoms with van der Waals surface area (Å²) < 4.78 is 5.11. The molecule has 0 radical (unpaired) electrons. The van der Waals surface area contributed by atoms with Crippen molar-refractivity contribution in [1.29, 1.82) is 0 Å². The summed E-state index contributed by atoms with van der Waals surface area (Å²) in [5.74, 6) is 0.352. The first-order valence-electron chi connectivity index (χ1n) is 6.22. The van der Waals surface area contributed by atoms with Crippen LogP contribution in [-0.2, 0) is 4.79 Å². The monoisotopic (exact) mass is 324 g/mol. The van der Waals surface area contributed by atoms with Crippen molar-refractivity contribution in [3.63, 3.8) is 0 Å². The molecule has 2 aromatic rings. The van der Waals surface area contributed by atoms with E-state index in [0.717, 1.165) is 5.69 Å². The third kappa shape index (κ3) is 4.28. The van der Waals surface area contributed by atoms with E-state index in [9.17, 15) is 4.79 Å². The number of anilines is 2. The van der Waals surface area contributed by atoms with Crippen LogP contribution in [0.5, 0.6) is 5.75 Å². The van der Waals surface area contributed by atoms with Gasteiger partial charge in [0, 0.05) is 11.8 Å². The van der Waals surface area contributed by atoms with Crippen LogP contribution in [0.25, 0.3) is 0 Å². The van der Waals surface area contributed by atoms with Gasteiger partial charge in [-0.1, -0.05) is 35.3 Å². The normalized spacial score (nSPS) is 10.0. The van der Waals surface area contributed by atoms with Gasteiger partial charge in [-0.2, -0.15) is 0 Å². The average molecular weight is 325 g/mol. The summed E-state index contributed by atoms with van der Waals surface area (Å²) >= 11 is 11.9. The van der Waals surface area contributed by atoms with Gasteiger partial charge < -0.3 is 15.4 Å². The van der Waals surface area contributed by atoms with E-state index in [-0.39, 0.29) is 12.5 Å². The summed E-state index contributed by atoms with van der Waals surface area (Å²) in [6.45, 7) is 0.107. The molecule has 0 aromatic heterocycles. The van der Waals surface area contributed by atoms with Gasteiger partial charge >= 0.3 is 0 Å². The first-order chi connectivity index (χ1) is 10.1. The lowest BCUT2D eigenvalue weighted by atomic mass is 10.3. The fourth-order valence-corrected chi connectivity index (χ4v) is 2.09. The van der Waals surface area contributed by atoms with E-state index in [1.165, 1.54) is 7.11 Å². The van der Waals surface area contributed by atoms with Gasteiger partial charge in [-0.05, 0) is 24.3 Å². The second kappa shape index (κ2) is 7.20. The van der Waals surface area contributed by atoms with Crippen molar-refractivity contribution >= 4 is 40.5 Å². The van der Waals surface area contributed by atoms with E-state index in [2.05, 4.69) is 10.6 Å². The molecule has 0 bridgehead atoms. The lowest BCUT2D eigenvalue weighted by Gasteiger charge is -2.10. The maximum absolute atomic E-state index is 11.9. The van der Waals surface area contributed by atoms with Gasteiger partial charge in [0.25, 0.3) is 0 Å². The molecule has 1 amide bonds. The largest absolute Gasteiger partial charge is 0.495 e. The van der Waals surface area contributed by atoms with Crippen LogP contribution in [0.4, 0.5) is 11.4 Å². The highest BCUT2D eigenvalue weighted by molar-refractivity contribution is 6.33. The Morgan fingerprint density at radius 1 is 1.14 bits per heavy atom. The van der Waals surface area contributed by atoms with E-state index in [1.807, 2.05) is 0 Å². The Morgan fingerprint density at radius 2 is 1.90 bits per heavy atom. The summed E-state index contributed by atoms with van der Waals surface area (Å²) in [5, 5.41) is 6.74. The van der Waals surface area contributed by atoms with Crippen molar-refractivity contribution in [3.05, 3.63) is 52.5 Å². The van der Waals surface area contributed by atoms with Crippen molar-refractivity contribution in [2.75, 3.05) is 24.3 Å². The summed E-state index contributed by atoms with van der Waals surface area (Å²) in [4.78, 5) is 11.9. The van der Waals surface area contributed by atoms with Crippen molar-refractivity contribution < 1.29 is 9.53 Å². The summed E-state index contributed by atoms with van der Waals surface area (Å²) in [5.41, 5.74) is 1.32. The number of para-hydroxylation sites is 1. The van der Waals surface area contributed by atoms with Crippen LogP contribution in [0.2, 0.25) is 10.0 Å². The number of hydrogen-bond donors (Lipinski definition) is 2. The smallest absolute Gasteiger partial charge is 0.243 e. The molecule has 0 heterocycles. The van der Waals surface area contributed by atoms with E-state index in [4.69, 9.17) is 27.9 Å². The molecule has 0 saturated heterocycles. The van der Waals surface area contributed by atoms with Crippen LogP contribution in [0.15, 0.2) is 42.5 Å². The minimum absolute atomic E-state index is 0.107. The Morgan fingerprint density at radius 3 is 2.62 bits per heavy atom. The number of hydrogen-bond acceptors (Lipinski definition) is 3. The van der Waals surface area contributed by atoms with Gasteiger partial charge in [-0.25, -0.2) is 0 Å². The lowest BCUT2D eigenvalue weighted by Crippen LogP contribution is -2.21. The van der Waals surface area contributed by atoms with E-state index in [1.54, 1.807) is 42.5 Å². The number of methoxy groups -OCH3 is 1. The van der Waals surface area contributed by atoms with Crippen LogP contribution < -0.4 is 15.4 Å². The maximum atomic E-state index is 11.9. The zero-order chi connectivity index (χ0) is 15.2. The highest BCUT2D eigenvalue weighted by Crippen LogP contribution is 2.27. The molecule has 4 nitrogen and oxygen atoms in total. The van der Waals surface area contributed by atoms with Gasteiger partial charge in [0.1, 0.15) is 5.75 Å². The molecule has 6 heteroatoms. The van der Waals surface area contributed by atoms with Crippen LogP contribution in [0, 0.1) is 0 Å². The third-order valence-electron chi connectivity index (χ3n) is 2.75. The molecule has 110 valence electrons. The Labute approximate surface area is 133 Å². The van der Waals surface area contributed by atoms with Gasteiger partial charge in [-0.15, -0.1) is 0 Å². The van der Waals surface area contributed by atoms with Gasteiger partial charge in [0.2, 0.25) is 5.91 Å². The number of benzene rings is 2. The minimum atomic E-state index is -0.197. The first kappa shape index (κ1) is 15.5. The molecule has 0 atom stereocenters. The quantitative estimate of drug-likeness (QED) is 0.872. The van der Waals surface area contributed by atoms with E-state index in [0.29, 0.717) is 21.5 Å². The molecule has 0 unspecified atom stereocenters. The number of carbonyl (C=O) groups excluding carboxylic acids is 1. The first-order valence-corrected chi connectivity index (χ1v) is 6.97. The number of carbonyl (C=O) groups is 1. The summed E-state index contributed by atoms with van der Waals surface area (Å²) in [6, 6.07) is 12.3. The number of rotatable bonds is 5. The van der Waals surface area contributed by atoms with Gasteiger partial charge in [0.05, 0.1) is 29.4 Å². The Kier molecular flexibility index (Phi) is 5.31. The molecule has 0 fully saturated rings. The third-order valence-corrected chi connectivity index (χ3v) is 3.39. The summed E-state index contributed by atoms with van der Waals surface area (Å²) in [7, 11) is 1.54. The SMILES string of the molecule is COc1cc(NCC(=O)Nc2ccccc2Cl)ccc1Cl. The molecule has 0 spiro atoms. The van der Waals surface area contributed by atoms with Gasteiger partial charge in [-0.3, -0.25) is 4.79 Å². The van der Waals surface area contributed by atoms with E-state index >= 15 is 0 Å². The molecule has 2 aromatic carbocycles. The molecule has 2 N–H and O–H groups in total. The molecule has 0 aliphatic heterocycles. The topological polar surface area (TPSA) is 50.4 Å². The molecule has 2 rings (SSSR count). The predicted molar refractivity (Wildman–Crippen MR) is 86.6 cm³/mol. The Bertz CT molecular complexity index is 647. The second-order valence-electron chi connectivity index (χ2n) is 4.23. The fourth-order valence-electron chi connectivity index (χ4n) is 1.71. The van der Waals surface area contributed by atoms with Crippen molar-refractivity contribution in [2.45, 2.75) is 0 Å². The fraction of sp³-hybridized carbons (Fsp3) is 0.133. The van der Waals surface area contributed by atoms with Crippen LogP contribution in [0.3, 0.4) is 0 Å². The Balaban J connectivity index is 1.94. The Hall–Kier alpha value is -1.91. The van der Waals surface area contributed by atoms with Gasteiger partial charge in [0.15, 0.2) is 0 Å².